The third-order valence-electron chi connectivity index (χ3n) is 3.35. The van der Waals surface area contributed by atoms with E-state index in [-0.39, 0.29) is 12.5 Å². The molecule has 0 saturated heterocycles. The van der Waals surface area contributed by atoms with E-state index >= 15 is 0 Å². The van der Waals surface area contributed by atoms with Gasteiger partial charge in [-0.25, -0.2) is 4.98 Å². The van der Waals surface area contributed by atoms with Crippen molar-refractivity contribution in [2.75, 3.05) is 18.5 Å². The summed E-state index contributed by atoms with van der Waals surface area (Å²) in [4.78, 5) is 16.3. The predicted octanol–water partition coefficient (Wildman–Crippen LogP) is 3.63. The first-order valence-electron chi connectivity index (χ1n) is 7.31. The number of halogens is 1. The van der Waals surface area contributed by atoms with Crippen molar-refractivity contribution >= 4 is 29.0 Å². The number of esters is 1. The third kappa shape index (κ3) is 3.29. The molecule has 0 aliphatic rings. The Morgan fingerprint density at radius 1 is 1.26 bits per heavy atom. The zero-order valence-electron chi connectivity index (χ0n) is 12.6. The van der Waals surface area contributed by atoms with Gasteiger partial charge in [0.05, 0.1) is 6.61 Å². The van der Waals surface area contributed by atoms with Gasteiger partial charge in [-0.2, -0.15) is 0 Å². The third-order valence-corrected chi connectivity index (χ3v) is 3.61. The van der Waals surface area contributed by atoms with Gasteiger partial charge in [0, 0.05) is 16.8 Å². The van der Waals surface area contributed by atoms with Crippen molar-refractivity contribution in [3.63, 3.8) is 0 Å². The summed E-state index contributed by atoms with van der Waals surface area (Å²) in [5.74, 6) is 0.441. The summed E-state index contributed by atoms with van der Waals surface area (Å²) >= 11 is 5.95. The largest absolute Gasteiger partial charge is 0.465 e. The normalized spacial score (nSPS) is 10.7. The number of benzene rings is 1. The molecule has 2 aromatic heterocycles. The lowest BCUT2D eigenvalue weighted by molar-refractivity contribution is -0.140. The van der Waals surface area contributed by atoms with Crippen LogP contribution in [0.2, 0.25) is 5.02 Å². The number of nitrogens with zero attached hydrogens (tertiary/aromatic N) is 2. The molecule has 0 aliphatic carbocycles. The second-order valence-corrected chi connectivity index (χ2v) is 5.34. The summed E-state index contributed by atoms with van der Waals surface area (Å²) in [7, 11) is 0. The summed E-state index contributed by atoms with van der Waals surface area (Å²) in [6, 6.07) is 13.2. The van der Waals surface area contributed by atoms with Gasteiger partial charge in [0.2, 0.25) is 0 Å². The molecule has 0 unspecified atom stereocenters. The topological polar surface area (TPSA) is 55.6 Å². The van der Waals surface area contributed by atoms with Gasteiger partial charge in [-0.3, -0.25) is 9.20 Å². The molecule has 1 aromatic carbocycles. The molecule has 0 saturated carbocycles. The van der Waals surface area contributed by atoms with Crippen molar-refractivity contribution < 1.29 is 9.53 Å². The van der Waals surface area contributed by atoms with Gasteiger partial charge in [0.1, 0.15) is 23.7 Å². The molecular weight excluding hydrogens is 314 g/mol. The fourth-order valence-electron chi connectivity index (χ4n) is 2.34. The lowest BCUT2D eigenvalue weighted by atomic mass is 10.1. The average molecular weight is 330 g/mol. The van der Waals surface area contributed by atoms with E-state index in [1.807, 2.05) is 53.1 Å². The molecule has 2 heterocycles. The highest BCUT2D eigenvalue weighted by Crippen LogP contribution is 2.29. The maximum atomic E-state index is 11.6. The van der Waals surface area contributed by atoms with Crippen LogP contribution in [0.5, 0.6) is 0 Å². The Bertz CT molecular complexity index is 827. The van der Waals surface area contributed by atoms with Gasteiger partial charge >= 0.3 is 5.97 Å². The van der Waals surface area contributed by atoms with Crippen LogP contribution in [-0.2, 0) is 9.53 Å². The first-order chi connectivity index (χ1) is 11.2. The number of carbonyl (C=O) groups is 1. The minimum Gasteiger partial charge on any atom is -0.465 e. The molecule has 118 valence electrons. The van der Waals surface area contributed by atoms with E-state index in [2.05, 4.69) is 10.3 Å². The molecule has 0 aliphatic heterocycles. The molecule has 3 rings (SSSR count). The Labute approximate surface area is 138 Å². The summed E-state index contributed by atoms with van der Waals surface area (Å²) in [6.45, 7) is 2.22. The van der Waals surface area contributed by atoms with Gasteiger partial charge in [-0.15, -0.1) is 0 Å². The molecule has 0 bridgehead atoms. The standard InChI is InChI=1S/C17H16ClN3O2/c1-2-23-15(22)11-19-17-16(12-6-8-13(18)9-7-12)20-14-5-3-4-10-21(14)17/h3-10,19H,2,11H2,1H3. The molecule has 23 heavy (non-hydrogen) atoms. The summed E-state index contributed by atoms with van der Waals surface area (Å²) in [5.41, 5.74) is 2.48. The fraction of sp³-hybridized carbons (Fsp3) is 0.176. The number of carbonyl (C=O) groups excluding carboxylic acids is 1. The predicted molar refractivity (Wildman–Crippen MR) is 90.8 cm³/mol. The van der Waals surface area contributed by atoms with Crippen LogP contribution in [0.1, 0.15) is 6.92 Å². The minimum absolute atomic E-state index is 0.0805. The summed E-state index contributed by atoms with van der Waals surface area (Å²) < 4.78 is 6.87. The van der Waals surface area contributed by atoms with Crippen LogP contribution in [0, 0.1) is 0 Å². The Morgan fingerprint density at radius 3 is 2.78 bits per heavy atom. The lowest BCUT2D eigenvalue weighted by Crippen LogP contribution is -2.17. The van der Waals surface area contributed by atoms with Gasteiger partial charge in [-0.05, 0) is 31.2 Å². The number of aromatic nitrogens is 2. The molecule has 3 aromatic rings. The Morgan fingerprint density at radius 2 is 2.04 bits per heavy atom. The zero-order valence-corrected chi connectivity index (χ0v) is 13.4. The molecule has 0 radical (unpaired) electrons. The highest BCUT2D eigenvalue weighted by atomic mass is 35.5. The molecular formula is C17H16ClN3O2. The number of hydrogen-bond acceptors (Lipinski definition) is 4. The van der Waals surface area contributed by atoms with Crippen LogP contribution >= 0.6 is 11.6 Å². The molecule has 1 N–H and O–H groups in total. The number of anilines is 1. The van der Waals surface area contributed by atoms with Gasteiger partial charge < -0.3 is 10.1 Å². The van der Waals surface area contributed by atoms with Crippen molar-refractivity contribution in [2.45, 2.75) is 6.92 Å². The molecule has 0 spiro atoms. The second kappa shape index (κ2) is 6.71. The maximum absolute atomic E-state index is 11.6. The van der Waals surface area contributed by atoms with E-state index in [9.17, 15) is 4.79 Å². The minimum atomic E-state index is -0.305. The number of ether oxygens (including phenoxy) is 1. The highest BCUT2D eigenvalue weighted by molar-refractivity contribution is 6.30. The molecule has 6 heteroatoms. The number of rotatable bonds is 5. The summed E-state index contributed by atoms with van der Waals surface area (Å²) in [6.07, 6.45) is 1.90. The van der Waals surface area contributed by atoms with Crippen LogP contribution in [-0.4, -0.2) is 28.5 Å². The van der Waals surface area contributed by atoms with Crippen molar-refractivity contribution in [3.05, 3.63) is 53.7 Å². The van der Waals surface area contributed by atoms with Crippen LogP contribution in [0.25, 0.3) is 16.9 Å². The zero-order chi connectivity index (χ0) is 16.2. The maximum Gasteiger partial charge on any atom is 0.325 e. The van der Waals surface area contributed by atoms with Crippen LogP contribution in [0.3, 0.4) is 0 Å². The number of pyridine rings is 1. The van der Waals surface area contributed by atoms with Gasteiger partial charge in [0.15, 0.2) is 0 Å². The SMILES string of the molecule is CCOC(=O)CNc1c(-c2ccc(Cl)cc2)nc2ccccn12. The van der Waals surface area contributed by atoms with E-state index in [4.69, 9.17) is 16.3 Å². The van der Waals surface area contributed by atoms with E-state index < -0.39 is 0 Å². The summed E-state index contributed by atoms with van der Waals surface area (Å²) in [5, 5.41) is 3.79. The average Bonchev–Trinajstić information content (AvgIpc) is 2.92. The Kier molecular flexibility index (Phi) is 4.48. The second-order valence-electron chi connectivity index (χ2n) is 4.90. The number of fused-ring (bicyclic) bond motifs is 1. The quantitative estimate of drug-likeness (QED) is 0.726. The van der Waals surface area contributed by atoms with Crippen molar-refractivity contribution in [1.29, 1.82) is 0 Å². The molecule has 5 nitrogen and oxygen atoms in total. The van der Waals surface area contributed by atoms with Crippen molar-refractivity contribution in [2.24, 2.45) is 0 Å². The molecule has 0 amide bonds. The van der Waals surface area contributed by atoms with E-state index in [1.165, 1.54) is 0 Å². The first kappa shape index (κ1) is 15.4. The lowest BCUT2D eigenvalue weighted by Gasteiger charge is -2.08. The molecule has 0 fully saturated rings. The van der Waals surface area contributed by atoms with Crippen LogP contribution < -0.4 is 5.32 Å². The van der Waals surface area contributed by atoms with E-state index in [0.717, 1.165) is 22.7 Å². The number of imidazole rings is 1. The van der Waals surface area contributed by atoms with E-state index in [0.29, 0.717) is 11.6 Å². The van der Waals surface area contributed by atoms with E-state index in [1.54, 1.807) is 6.92 Å². The highest BCUT2D eigenvalue weighted by Gasteiger charge is 2.15. The fourth-order valence-corrected chi connectivity index (χ4v) is 2.47. The smallest absolute Gasteiger partial charge is 0.325 e. The van der Waals surface area contributed by atoms with Crippen molar-refractivity contribution in [3.8, 4) is 11.3 Å². The van der Waals surface area contributed by atoms with Gasteiger partial charge in [0.25, 0.3) is 0 Å². The number of hydrogen-bond donors (Lipinski definition) is 1. The monoisotopic (exact) mass is 329 g/mol. The van der Waals surface area contributed by atoms with Crippen LogP contribution in [0.15, 0.2) is 48.7 Å². The Hall–Kier alpha value is -2.53. The Balaban J connectivity index is 2.01. The number of nitrogens with one attached hydrogen (secondary N) is 1. The van der Waals surface area contributed by atoms with Crippen LogP contribution in [0.4, 0.5) is 5.82 Å². The van der Waals surface area contributed by atoms with Gasteiger partial charge in [-0.1, -0.05) is 29.8 Å². The van der Waals surface area contributed by atoms with Crippen molar-refractivity contribution in [1.82, 2.24) is 9.38 Å². The molecule has 0 atom stereocenters. The first-order valence-corrected chi connectivity index (χ1v) is 7.69.